The summed E-state index contributed by atoms with van der Waals surface area (Å²) >= 11 is 0. The Bertz CT molecular complexity index is 2430. The number of pyridine rings is 1. The summed E-state index contributed by atoms with van der Waals surface area (Å²) in [5.41, 5.74) is 5.21. The van der Waals surface area contributed by atoms with Crippen molar-refractivity contribution >= 4 is 45.9 Å². The van der Waals surface area contributed by atoms with Crippen LogP contribution >= 0.6 is 0 Å². The van der Waals surface area contributed by atoms with Crippen molar-refractivity contribution in [3.05, 3.63) is 66.5 Å². The molecule has 2 aromatic carbocycles. The Morgan fingerprint density at radius 2 is 1.16 bits per heavy atom. The van der Waals surface area contributed by atoms with Gasteiger partial charge < -0.3 is 39.9 Å². The predicted molar refractivity (Wildman–Crippen MR) is 234 cm³/mol. The van der Waals surface area contributed by atoms with Crippen molar-refractivity contribution in [2.45, 2.75) is 114 Å². The summed E-state index contributed by atoms with van der Waals surface area (Å²) in [4.78, 5) is 78.0. The number of ether oxygens (including phenoxy) is 2. The van der Waals surface area contributed by atoms with E-state index in [0.29, 0.717) is 24.6 Å². The van der Waals surface area contributed by atoms with Crippen LogP contribution in [-0.2, 0) is 19.1 Å². The van der Waals surface area contributed by atoms with Gasteiger partial charge in [0.05, 0.1) is 43.7 Å². The van der Waals surface area contributed by atoms with Gasteiger partial charge in [-0.25, -0.2) is 24.5 Å². The molecule has 5 heterocycles. The molecule has 4 N–H and O–H groups in total. The first kappa shape index (κ1) is 41.4. The van der Waals surface area contributed by atoms with Gasteiger partial charge in [0.25, 0.3) is 0 Å². The molecule has 4 fully saturated rings. The van der Waals surface area contributed by atoms with Gasteiger partial charge >= 0.3 is 12.2 Å². The molecule has 2 saturated heterocycles. The van der Waals surface area contributed by atoms with Crippen molar-refractivity contribution in [2.75, 3.05) is 27.3 Å². The van der Waals surface area contributed by atoms with E-state index in [4.69, 9.17) is 24.4 Å². The number of hydrogen-bond donors (Lipinski definition) is 4. The molecule has 2 saturated carbocycles. The van der Waals surface area contributed by atoms with Gasteiger partial charge in [-0.1, -0.05) is 62.8 Å². The third-order valence-corrected chi connectivity index (χ3v) is 13.8. The van der Waals surface area contributed by atoms with E-state index >= 15 is 0 Å². The summed E-state index contributed by atoms with van der Waals surface area (Å²) in [6, 6.07) is 13.1. The number of aromatic nitrogens is 5. The highest BCUT2D eigenvalue weighted by molar-refractivity contribution is 5.92. The monoisotopic (exact) mass is 843 g/mol. The zero-order valence-electron chi connectivity index (χ0n) is 35.7. The fourth-order valence-electron chi connectivity index (χ4n) is 10.5. The van der Waals surface area contributed by atoms with Crippen molar-refractivity contribution in [3.63, 3.8) is 0 Å². The number of imidazole rings is 2. The summed E-state index contributed by atoms with van der Waals surface area (Å²) in [5.74, 6) is 1.49. The minimum Gasteiger partial charge on any atom is -0.453 e. The third kappa shape index (κ3) is 8.45. The quantitative estimate of drug-likeness (QED) is 0.108. The van der Waals surface area contributed by atoms with Crippen LogP contribution in [0.2, 0.25) is 0 Å². The van der Waals surface area contributed by atoms with Crippen molar-refractivity contribution in [1.82, 2.24) is 45.4 Å². The number of alkyl carbamates (subject to hydrolysis) is 2. The number of nitrogens with one attached hydrogen (secondary N) is 4. The average Bonchev–Trinajstić information content (AvgIpc) is 4.16. The molecule has 3 aromatic heterocycles. The number of hydrogen-bond acceptors (Lipinski definition) is 9. The Labute approximate surface area is 361 Å². The second-order valence-electron chi connectivity index (χ2n) is 17.6. The van der Waals surface area contributed by atoms with Gasteiger partial charge in [0, 0.05) is 30.4 Å². The molecule has 0 unspecified atom stereocenters. The number of rotatable bonds is 10. The minimum absolute atomic E-state index is 0.0619. The lowest BCUT2D eigenvalue weighted by Gasteiger charge is -2.34. The summed E-state index contributed by atoms with van der Waals surface area (Å²) in [6.07, 6.45) is 16.0. The summed E-state index contributed by atoms with van der Waals surface area (Å²) in [5, 5.41) is 7.89. The number of nitrogens with zero attached hydrogens (tertiary/aromatic N) is 5. The number of aromatic amines is 2. The zero-order valence-corrected chi connectivity index (χ0v) is 35.7. The topological polar surface area (TPSA) is 188 Å². The zero-order chi connectivity index (χ0) is 42.7. The smallest absolute Gasteiger partial charge is 0.407 e. The maximum absolute atomic E-state index is 14.1. The Balaban J connectivity index is 0.900. The highest BCUT2D eigenvalue weighted by Gasteiger charge is 2.41. The van der Waals surface area contributed by atoms with Crippen LogP contribution in [0.15, 0.2) is 54.9 Å². The number of H-pyrrole nitrogens is 2. The highest BCUT2D eigenvalue weighted by Crippen LogP contribution is 2.38. The highest BCUT2D eigenvalue weighted by atomic mass is 16.5. The minimum atomic E-state index is -0.624. The van der Waals surface area contributed by atoms with Gasteiger partial charge in [-0.3, -0.25) is 9.59 Å². The number of carbonyl (C=O) groups is 4. The molecule has 62 heavy (non-hydrogen) atoms. The molecule has 4 aliphatic rings. The first-order valence-electron chi connectivity index (χ1n) is 22.5. The van der Waals surface area contributed by atoms with Gasteiger partial charge in [0.15, 0.2) is 5.65 Å². The van der Waals surface area contributed by atoms with Gasteiger partial charge in [0.1, 0.15) is 23.7 Å². The SMILES string of the molecule is COC(=O)N[C@H](C(=O)N1CCC[C@H]1c1ncc(-c2ccc3cc(-c4cnc5nc([C@@H]6CCCN6C(=O)[C@@H](NC(=O)OC)C6CCCCC6)[nH]c5c4)ccc3c2)[nH]1)C1CCCCC1. The van der Waals surface area contributed by atoms with Crippen molar-refractivity contribution in [1.29, 1.82) is 0 Å². The van der Waals surface area contributed by atoms with E-state index in [0.717, 1.165) is 134 Å². The van der Waals surface area contributed by atoms with E-state index in [2.05, 4.69) is 63.1 Å². The molecular formula is C47H57N9O6. The predicted octanol–water partition coefficient (Wildman–Crippen LogP) is 8.11. The molecule has 9 rings (SSSR count). The molecule has 326 valence electrons. The maximum atomic E-state index is 14.1. The van der Waals surface area contributed by atoms with Gasteiger partial charge in [-0.05, 0) is 97.7 Å². The normalized spacial score (nSPS) is 20.9. The Morgan fingerprint density at radius 1 is 0.613 bits per heavy atom. The summed E-state index contributed by atoms with van der Waals surface area (Å²) in [6.45, 7) is 1.22. The number of fused-ring (bicyclic) bond motifs is 2. The van der Waals surface area contributed by atoms with E-state index in [-0.39, 0.29) is 35.7 Å². The molecule has 0 spiro atoms. The second-order valence-corrected chi connectivity index (χ2v) is 17.6. The van der Waals surface area contributed by atoms with E-state index in [1.165, 1.54) is 14.2 Å². The van der Waals surface area contributed by atoms with Gasteiger partial charge in [-0.15, -0.1) is 0 Å². The molecule has 4 atom stereocenters. The summed E-state index contributed by atoms with van der Waals surface area (Å²) < 4.78 is 9.83. The van der Waals surface area contributed by atoms with Crippen LogP contribution in [-0.4, -0.2) is 98.1 Å². The van der Waals surface area contributed by atoms with Crippen LogP contribution in [0.1, 0.15) is 114 Å². The molecule has 0 bridgehead atoms. The van der Waals surface area contributed by atoms with Crippen LogP contribution in [0.5, 0.6) is 0 Å². The van der Waals surface area contributed by atoms with E-state index < -0.39 is 24.3 Å². The van der Waals surface area contributed by atoms with Gasteiger partial charge in [-0.2, -0.15) is 0 Å². The van der Waals surface area contributed by atoms with Gasteiger partial charge in [0.2, 0.25) is 11.8 Å². The van der Waals surface area contributed by atoms with E-state index in [9.17, 15) is 19.2 Å². The van der Waals surface area contributed by atoms with Crippen molar-refractivity contribution < 1.29 is 28.7 Å². The maximum Gasteiger partial charge on any atom is 0.407 e. The molecule has 15 nitrogen and oxygen atoms in total. The average molecular weight is 844 g/mol. The second kappa shape index (κ2) is 18.2. The molecule has 0 radical (unpaired) electrons. The number of methoxy groups -OCH3 is 2. The van der Waals surface area contributed by atoms with E-state index in [1.54, 1.807) is 0 Å². The molecule has 2 aliphatic carbocycles. The number of amides is 4. The van der Waals surface area contributed by atoms with Crippen LogP contribution in [0, 0.1) is 11.8 Å². The Hall–Kier alpha value is -5.99. The lowest BCUT2D eigenvalue weighted by Crippen LogP contribution is -2.52. The van der Waals surface area contributed by atoms with Crippen molar-refractivity contribution in [3.8, 4) is 22.4 Å². The first-order chi connectivity index (χ1) is 30.3. The lowest BCUT2D eigenvalue weighted by molar-refractivity contribution is -0.136. The number of benzene rings is 2. The first-order valence-corrected chi connectivity index (χ1v) is 22.5. The standard InChI is InChI=1S/C47H57N9O6/c1-61-46(59)52-39(28-11-5-3-6-12-28)44(57)55-21-9-15-37(55)42-49-27-36(51-42)33-20-19-30-23-32(18-17-31(30)24-33)34-25-35-41(48-26-34)54-43(50-35)38-16-10-22-56(38)45(58)40(53-47(60)62-2)29-13-7-4-8-14-29/h17-20,23-29,37-40H,3-16,21-22H2,1-2H3,(H,49,51)(H,52,59)(H,53,60)(H,48,50,54)/t37-,38-,39-,40-/m0/s1. The largest absolute Gasteiger partial charge is 0.453 e. The molecular weight excluding hydrogens is 787 g/mol. The van der Waals surface area contributed by atoms with Crippen LogP contribution in [0.4, 0.5) is 9.59 Å². The van der Waals surface area contributed by atoms with Crippen LogP contribution < -0.4 is 10.6 Å². The Morgan fingerprint density at radius 3 is 1.74 bits per heavy atom. The lowest BCUT2D eigenvalue weighted by atomic mass is 9.83. The number of likely N-dealkylation sites (tertiary alicyclic amines) is 2. The Kier molecular flexibility index (Phi) is 12.1. The van der Waals surface area contributed by atoms with Crippen molar-refractivity contribution in [2.24, 2.45) is 11.8 Å². The summed E-state index contributed by atoms with van der Waals surface area (Å²) in [7, 11) is 2.66. The molecule has 2 aliphatic heterocycles. The fraction of sp³-hybridized carbons (Fsp3) is 0.511. The molecule has 5 aromatic rings. The number of carbonyl (C=O) groups excluding carboxylic acids is 4. The molecule has 4 amide bonds. The fourth-order valence-corrected chi connectivity index (χ4v) is 10.5. The molecule has 15 heteroatoms. The van der Waals surface area contributed by atoms with E-state index in [1.807, 2.05) is 22.2 Å². The van der Waals surface area contributed by atoms with Crippen LogP contribution in [0.3, 0.4) is 0 Å². The third-order valence-electron chi connectivity index (χ3n) is 13.8. The van der Waals surface area contributed by atoms with Crippen LogP contribution in [0.25, 0.3) is 44.3 Å².